The summed E-state index contributed by atoms with van der Waals surface area (Å²) in [6, 6.07) is 9.96. The molecule has 0 spiro atoms. The number of fused-ring (bicyclic) bond motifs is 1. The van der Waals surface area contributed by atoms with Crippen LogP contribution in [0.2, 0.25) is 0 Å². The first-order chi connectivity index (χ1) is 7.74. The van der Waals surface area contributed by atoms with Crippen molar-refractivity contribution < 1.29 is 4.79 Å². The van der Waals surface area contributed by atoms with Crippen molar-refractivity contribution in [3.05, 3.63) is 36.0 Å². The molecule has 1 aromatic heterocycles. The molecule has 2 rings (SSSR count). The molecule has 0 fully saturated rings. The quantitative estimate of drug-likeness (QED) is 0.796. The fourth-order valence-electron chi connectivity index (χ4n) is 1.95. The Morgan fingerprint density at radius 1 is 1.38 bits per heavy atom. The largest absolute Gasteiger partial charge is 0.341 e. The second-order valence-corrected chi connectivity index (χ2v) is 3.96. The minimum Gasteiger partial charge on any atom is -0.341 e. The number of hydrogen-bond donors (Lipinski definition) is 1. The summed E-state index contributed by atoms with van der Waals surface area (Å²) < 4.78 is 1.95. The lowest BCUT2D eigenvalue weighted by atomic mass is 10.1. The molecule has 0 aliphatic carbocycles. The number of para-hydroxylation sites is 1. The van der Waals surface area contributed by atoms with E-state index < -0.39 is 0 Å². The first kappa shape index (κ1) is 10.9. The Morgan fingerprint density at radius 3 is 2.81 bits per heavy atom. The van der Waals surface area contributed by atoms with E-state index in [1.165, 1.54) is 0 Å². The molecule has 3 nitrogen and oxygen atoms in total. The van der Waals surface area contributed by atoms with E-state index >= 15 is 0 Å². The molecule has 2 N–H and O–H groups in total. The van der Waals surface area contributed by atoms with Crippen LogP contribution < -0.4 is 5.73 Å². The van der Waals surface area contributed by atoms with Gasteiger partial charge >= 0.3 is 0 Å². The Kier molecular flexibility index (Phi) is 3.06. The second kappa shape index (κ2) is 4.49. The summed E-state index contributed by atoms with van der Waals surface area (Å²) in [5.41, 5.74) is 7.28. The molecule has 3 heteroatoms. The van der Waals surface area contributed by atoms with Crippen LogP contribution in [0.25, 0.3) is 10.9 Å². The van der Waals surface area contributed by atoms with Crippen LogP contribution in [0.3, 0.4) is 0 Å². The third-order valence-corrected chi connectivity index (χ3v) is 2.85. The molecule has 2 aromatic rings. The van der Waals surface area contributed by atoms with Gasteiger partial charge in [-0.3, -0.25) is 4.79 Å². The van der Waals surface area contributed by atoms with Crippen LogP contribution >= 0.6 is 0 Å². The van der Waals surface area contributed by atoms with Gasteiger partial charge in [0.2, 0.25) is 0 Å². The lowest BCUT2D eigenvalue weighted by Crippen LogP contribution is -2.08. The van der Waals surface area contributed by atoms with Gasteiger partial charge in [0.25, 0.3) is 0 Å². The van der Waals surface area contributed by atoms with E-state index in [1.54, 1.807) is 0 Å². The number of Topliss-reactive ketones (excluding diaryl/α,β-unsaturated/α-hetero) is 1. The van der Waals surface area contributed by atoms with Gasteiger partial charge in [-0.05, 0) is 25.1 Å². The van der Waals surface area contributed by atoms with Crippen molar-refractivity contribution in [3.8, 4) is 0 Å². The number of nitrogens with two attached hydrogens (primary N) is 1. The van der Waals surface area contributed by atoms with E-state index in [-0.39, 0.29) is 5.78 Å². The zero-order chi connectivity index (χ0) is 11.5. The van der Waals surface area contributed by atoms with Crippen LogP contribution in [0.15, 0.2) is 30.3 Å². The average Bonchev–Trinajstić information content (AvgIpc) is 2.64. The Balaban J connectivity index is 2.37. The summed E-state index contributed by atoms with van der Waals surface area (Å²) in [6.07, 6.45) is 1.28. The molecule has 0 aliphatic rings. The Labute approximate surface area is 94.9 Å². The predicted molar refractivity (Wildman–Crippen MR) is 65.5 cm³/mol. The van der Waals surface area contributed by atoms with Gasteiger partial charge in [0, 0.05) is 24.4 Å². The van der Waals surface area contributed by atoms with Crippen molar-refractivity contribution in [2.45, 2.75) is 12.8 Å². The van der Waals surface area contributed by atoms with Crippen molar-refractivity contribution in [1.29, 1.82) is 0 Å². The Bertz CT molecular complexity index is 514. The van der Waals surface area contributed by atoms with Gasteiger partial charge < -0.3 is 10.3 Å². The summed E-state index contributed by atoms with van der Waals surface area (Å²) in [6.45, 7) is 0.565. The van der Waals surface area contributed by atoms with Crippen molar-refractivity contribution in [1.82, 2.24) is 4.57 Å². The van der Waals surface area contributed by atoms with E-state index in [0.717, 1.165) is 23.0 Å². The highest BCUT2D eigenvalue weighted by Gasteiger charge is 2.11. The third kappa shape index (κ3) is 1.86. The van der Waals surface area contributed by atoms with Crippen LogP contribution in [-0.2, 0) is 7.05 Å². The fraction of sp³-hybridized carbons (Fsp3) is 0.308. The number of aryl methyl sites for hydroxylation is 1. The molecule has 0 bridgehead atoms. The molecule has 1 aromatic carbocycles. The molecular weight excluding hydrogens is 200 g/mol. The van der Waals surface area contributed by atoms with Crippen molar-refractivity contribution in [2.24, 2.45) is 12.8 Å². The van der Waals surface area contributed by atoms with Crippen LogP contribution in [0, 0.1) is 0 Å². The normalized spacial score (nSPS) is 10.9. The standard InChI is InChI=1S/C13H16N2O/c1-15-11-6-3-2-5-10(11)9-12(15)13(16)7-4-8-14/h2-3,5-6,9H,4,7-8,14H2,1H3. The molecule has 0 amide bonds. The molecular formula is C13H16N2O. The molecule has 0 aliphatic heterocycles. The van der Waals surface area contributed by atoms with Crippen LogP contribution in [0.1, 0.15) is 23.3 Å². The first-order valence-electron chi connectivity index (χ1n) is 5.52. The molecule has 0 radical (unpaired) electrons. The summed E-state index contributed by atoms with van der Waals surface area (Å²) >= 11 is 0. The molecule has 0 unspecified atom stereocenters. The maximum absolute atomic E-state index is 11.9. The van der Waals surface area contributed by atoms with Gasteiger partial charge in [-0.15, -0.1) is 0 Å². The maximum Gasteiger partial charge on any atom is 0.179 e. The second-order valence-electron chi connectivity index (χ2n) is 3.96. The van der Waals surface area contributed by atoms with E-state index in [9.17, 15) is 4.79 Å². The Hall–Kier alpha value is -1.61. The van der Waals surface area contributed by atoms with E-state index in [2.05, 4.69) is 0 Å². The zero-order valence-electron chi connectivity index (χ0n) is 9.44. The van der Waals surface area contributed by atoms with Crippen molar-refractivity contribution in [3.63, 3.8) is 0 Å². The number of benzene rings is 1. The van der Waals surface area contributed by atoms with Gasteiger partial charge in [0.05, 0.1) is 5.69 Å². The highest BCUT2D eigenvalue weighted by Crippen LogP contribution is 2.19. The van der Waals surface area contributed by atoms with Crippen LogP contribution in [0.5, 0.6) is 0 Å². The molecule has 1 heterocycles. The highest BCUT2D eigenvalue weighted by molar-refractivity contribution is 5.99. The van der Waals surface area contributed by atoms with Gasteiger partial charge in [0.15, 0.2) is 5.78 Å². The summed E-state index contributed by atoms with van der Waals surface area (Å²) in [4.78, 5) is 11.9. The Morgan fingerprint density at radius 2 is 2.12 bits per heavy atom. The number of nitrogens with zero attached hydrogens (tertiary/aromatic N) is 1. The predicted octanol–water partition coefficient (Wildman–Crippen LogP) is 2.10. The molecule has 16 heavy (non-hydrogen) atoms. The first-order valence-corrected chi connectivity index (χ1v) is 5.52. The van der Waals surface area contributed by atoms with Crippen molar-refractivity contribution >= 4 is 16.7 Å². The number of aromatic nitrogens is 1. The lowest BCUT2D eigenvalue weighted by molar-refractivity contribution is 0.0973. The average molecular weight is 216 g/mol. The van der Waals surface area contributed by atoms with Crippen LogP contribution in [-0.4, -0.2) is 16.9 Å². The van der Waals surface area contributed by atoms with Gasteiger partial charge in [-0.1, -0.05) is 18.2 Å². The summed E-state index contributed by atoms with van der Waals surface area (Å²) in [7, 11) is 1.93. The molecule has 84 valence electrons. The van der Waals surface area contributed by atoms with Gasteiger partial charge in [-0.25, -0.2) is 0 Å². The molecule has 0 atom stereocenters. The third-order valence-electron chi connectivity index (χ3n) is 2.85. The van der Waals surface area contributed by atoms with Crippen molar-refractivity contribution in [2.75, 3.05) is 6.54 Å². The highest BCUT2D eigenvalue weighted by atomic mass is 16.1. The van der Waals surface area contributed by atoms with E-state index in [1.807, 2.05) is 41.9 Å². The number of carbonyl (C=O) groups is 1. The number of hydrogen-bond acceptors (Lipinski definition) is 2. The fourth-order valence-corrected chi connectivity index (χ4v) is 1.95. The SMILES string of the molecule is Cn1c(C(=O)CCCN)cc2ccccc21. The lowest BCUT2D eigenvalue weighted by Gasteiger charge is -2.02. The smallest absolute Gasteiger partial charge is 0.179 e. The maximum atomic E-state index is 11.9. The number of ketones is 1. The number of rotatable bonds is 4. The van der Waals surface area contributed by atoms with Gasteiger partial charge in [0.1, 0.15) is 0 Å². The minimum absolute atomic E-state index is 0.171. The molecule has 0 saturated carbocycles. The number of carbonyl (C=O) groups excluding carboxylic acids is 1. The summed E-state index contributed by atoms with van der Waals surface area (Å²) in [5.74, 6) is 0.171. The summed E-state index contributed by atoms with van der Waals surface area (Å²) in [5, 5.41) is 1.11. The van der Waals surface area contributed by atoms with Crippen LogP contribution in [0.4, 0.5) is 0 Å². The zero-order valence-corrected chi connectivity index (χ0v) is 9.44. The minimum atomic E-state index is 0.171. The van der Waals surface area contributed by atoms with Gasteiger partial charge in [-0.2, -0.15) is 0 Å². The van der Waals surface area contributed by atoms with E-state index in [4.69, 9.17) is 5.73 Å². The topological polar surface area (TPSA) is 48.0 Å². The molecule has 0 saturated heterocycles. The van der Waals surface area contributed by atoms with E-state index in [0.29, 0.717) is 13.0 Å². The monoisotopic (exact) mass is 216 g/mol.